The first-order valence-corrected chi connectivity index (χ1v) is 7.33. The molecule has 0 saturated carbocycles. The zero-order chi connectivity index (χ0) is 14.6. The van der Waals surface area contributed by atoms with Gasteiger partial charge in [-0.15, -0.1) is 4.33 Å². The van der Waals surface area contributed by atoms with Crippen molar-refractivity contribution in [2.45, 2.75) is 43.9 Å². The summed E-state index contributed by atoms with van der Waals surface area (Å²) < 4.78 is 3.54. The van der Waals surface area contributed by atoms with E-state index in [0.717, 1.165) is 31.3 Å². The van der Waals surface area contributed by atoms with E-state index in [4.69, 9.17) is 5.26 Å². The number of hydrogen-bond acceptors (Lipinski definition) is 5. The van der Waals surface area contributed by atoms with Crippen LogP contribution in [0, 0.1) is 0 Å². The number of aryl methyl sites for hydroxylation is 1. The van der Waals surface area contributed by atoms with E-state index in [1.54, 1.807) is 13.8 Å². The Hall–Kier alpha value is -1.08. The van der Waals surface area contributed by atoms with Crippen LogP contribution in [-0.2, 0) is 20.6 Å². The summed E-state index contributed by atoms with van der Waals surface area (Å²) in [6.45, 7) is 3.42. The molecule has 0 radical (unpaired) electrons. The van der Waals surface area contributed by atoms with Gasteiger partial charge in [0.1, 0.15) is 4.75 Å². The lowest BCUT2D eigenvalue weighted by Gasteiger charge is -2.29. The van der Waals surface area contributed by atoms with Crippen LogP contribution in [-0.4, -0.2) is 15.9 Å². The molecular formula is C14H19NO4S. The van der Waals surface area contributed by atoms with Gasteiger partial charge >= 0.3 is 0 Å². The number of hydrogen-bond donors (Lipinski definition) is 2. The number of nitrogens with one attached hydrogen (secondary N) is 1. The Morgan fingerprint density at radius 2 is 2.20 bits per heavy atom. The second kappa shape index (κ2) is 6.58. The first-order valence-electron chi connectivity index (χ1n) is 6.59. The third kappa shape index (κ3) is 3.52. The van der Waals surface area contributed by atoms with Crippen molar-refractivity contribution < 1.29 is 19.4 Å². The maximum atomic E-state index is 12.3. The summed E-state index contributed by atoms with van der Waals surface area (Å²) in [5, 5.41) is 14.8. The van der Waals surface area contributed by atoms with E-state index in [1.165, 1.54) is 11.1 Å². The van der Waals surface area contributed by atoms with E-state index in [-0.39, 0.29) is 11.9 Å². The van der Waals surface area contributed by atoms with Gasteiger partial charge in [0.2, 0.25) is 5.91 Å². The van der Waals surface area contributed by atoms with Crippen molar-refractivity contribution in [1.82, 2.24) is 5.32 Å². The van der Waals surface area contributed by atoms with Crippen LogP contribution in [0.5, 0.6) is 0 Å². The first kappa shape index (κ1) is 15.3. The zero-order valence-electron chi connectivity index (χ0n) is 11.6. The summed E-state index contributed by atoms with van der Waals surface area (Å²) in [4.78, 5) is 12.3. The van der Waals surface area contributed by atoms with E-state index in [9.17, 15) is 4.79 Å². The lowest BCUT2D eigenvalue weighted by atomic mass is 9.87. The second-order valence-corrected chi connectivity index (χ2v) is 6.68. The molecular weight excluding hydrogens is 278 g/mol. The molecule has 1 aromatic carbocycles. The summed E-state index contributed by atoms with van der Waals surface area (Å²) in [7, 11) is 0. The van der Waals surface area contributed by atoms with Gasteiger partial charge in [-0.05, 0) is 44.2 Å². The van der Waals surface area contributed by atoms with Gasteiger partial charge in [-0.2, -0.15) is 0 Å². The summed E-state index contributed by atoms with van der Waals surface area (Å²) in [5.74, 6) is -0.152. The van der Waals surface area contributed by atoms with E-state index >= 15 is 0 Å². The van der Waals surface area contributed by atoms with Crippen LogP contribution >= 0.6 is 12.0 Å². The molecule has 2 N–H and O–H groups in total. The van der Waals surface area contributed by atoms with Crippen molar-refractivity contribution in [3.63, 3.8) is 0 Å². The zero-order valence-corrected chi connectivity index (χ0v) is 12.4. The van der Waals surface area contributed by atoms with Gasteiger partial charge in [-0.1, -0.05) is 29.3 Å². The van der Waals surface area contributed by atoms with Crippen LogP contribution in [0.4, 0.5) is 0 Å². The lowest BCUT2D eigenvalue weighted by molar-refractivity contribution is -0.432. The summed E-state index contributed by atoms with van der Waals surface area (Å²) in [5.41, 5.74) is 2.48. The average Bonchev–Trinajstić information content (AvgIpc) is 2.45. The van der Waals surface area contributed by atoms with Gasteiger partial charge < -0.3 is 5.32 Å². The minimum atomic E-state index is -0.852. The molecule has 1 atom stereocenters. The number of carbonyl (C=O) groups excluding carboxylic acids is 1. The molecule has 0 aliphatic heterocycles. The summed E-state index contributed by atoms with van der Waals surface area (Å²) in [6, 6.07) is 8.21. The smallest absolute Gasteiger partial charge is 0.238 e. The fourth-order valence-corrected chi connectivity index (χ4v) is 2.71. The fraction of sp³-hybridized carbons (Fsp3) is 0.500. The van der Waals surface area contributed by atoms with Gasteiger partial charge in [0, 0.05) is 0 Å². The molecule has 0 aromatic heterocycles. The highest BCUT2D eigenvalue weighted by molar-refractivity contribution is 7.96. The van der Waals surface area contributed by atoms with Crippen molar-refractivity contribution in [3.8, 4) is 0 Å². The Morgan fingerprint density at radius 3 is 2.95 bits per heavy atom. The van der Waals surface area contributed by atoms with Crippen molar-refractivity contribution >= 4 is 17.9 Å². The molecule has 1 amide bonds. The molecule has 0 spiro atoms. The third-order valence-electron chi connectivity index (χ3n) is 3.49. The van der Waals surface area contributed by atoms with Crippen molar-refractivity contribution in [3.05, 3.63) is 35.4 Å². The highest BCUT2D eigenvalue weighted by Crippen LogP contribution is 2.32. The Morgan fingerprint density at radius 1 is 1.45 bits per heavy atom. The van der Waals surface area contributed by atoms with Gasteiger partial charge in [0.05, 0.1) is 18.1 Å². The normalized spacial score (nSPS) is 18.4. The maximum absolute atomic E-state index is 12.3. The number of rotatable bonds is 5. The third-order valence-corrected chi connectivity index (χ3v) is 4.23. The predicted octanol–water partition coefficient (Wildman–Crippen LogP) is 3.03. The fourth-order valence-electron chi connectivity index (χ4n) is 2.37. The van der Waals surface area contributed by atoms with E-state index in [2.05, 4.69) is 26.8 Å². The Kier molecular flexibility index (Phi) is 5.04. The molecule has 1 unspecified atom stereocenters. The van der Waals surface area contributed by atoms with Gasteiger partial charge in [0.25, 0.3) is 0 Å². The highest BCUT2D eigenvalue weighted by atomic mass is 32.2. The van der Waals surface area contributed by atoms with Crippen molar-refractivity contribution in [2.75, 3.05) is 0 Å². The van der Waals surface area contributed by atoms with Gasteiger partial charge in [-0.25, -0.2) is 5.26 Å². The van der Waals surface area contributed by atoms with Crippen LogP contribution < -0.4 is 5.32 Å². The molecule has 110 valence electrons. The average molecular weight is 297 g/mol. The van der Waals surface area contributed by atoms with Crippen LogP contribution in [0.3, 0.4) is 0 Å². The maximum Gasteiger partial charge on any atom is 0.238 e. The Balaban J connectivity index is 2.06. The number of carbonyl (C=O) groups is 1. The topological polar surface area (TPSA) is 67.8 Å². The summed E-state index contributed by atoms with van der Waals surface area (Å²) >= 11 is 0.772. The molecule has 2 rings (SSSR count). The van der Waals surface area contributed by atoms with E-state index in [1.807, 2.05) is 12.1 Å². The predicted molar refractivity (Wildman–Crippen MR) is 76.7 cm³/mol. The van der Waals surface area contributed by atoms with E-state index in [0.29, 0.717) is 0 Å². The van der Waals surface area contributed by atoms with Gasteiger partial charge in [0.15, 0.2) is 0 Å². The molecule has 1 aliphatic rings. The van der Waals surface area contributed by atoms with Crippen LogP contribution in [0.15, 0.2) is 24.3 Å². The molecule has 0 heterocycles. The quantitative estimate of drug-likeness (QED) is 0.497. The number of benzene rings is 1. The lowest BCUT2D eigenvalue weighted by Crippen LogP contribution is -2.42. The summed E-state index contributed by atoms with van der Waals surface area (Å²) in [6.07, 6.45) is 3.05. The van der Waals surface area contributed by atoms with E-state index < -0.39 is 4.75 Å². The monoisotopic (exact) mass is 297 g/mol. The molecule has 1 aromatic rings. The molecule has 1 aliphatic carbocycles. The molecule has 0 fully saturated rings. The standard InChI is InChI=1S/C14H19NO4S/c1-14(2,20-19-18-17)13(16)15-12-9-5-7-10-6-3-4-8-11(10)12/h3-4,6,8,12,17H,5,7,9H2,1-2H3,(H,15,16). The van der Waals surface area contributed by atoms with Crippen molar-refractivity contribution in [1.29, 1.82) is 0 Å². The van der Waals surface area contributed by atoms with Crippen molar-refractivity contribution in [2.24, 2.45) is 0 Å². The highest BCUT2D eigenvalue weighted by Gasteiger charge is 2.33. The first-order chi connectivity index (χ1) is 9.54. The molecule has 20 heavy (non-hydrogen) atoms. The second-order valence-electron chi connectivity index (χ2n) is 5.35. The molecule has 0 bridgehead atoms. The molecule has 0 saturated heterocycles. The SMILES string of the molecule is CC(C)(SOOO)C(=O)NC1CCCc2ccccc21. The Labute approximate surface area is 122 Å². The van der Waals surface area contributed by atoms with Crippen LogP contribution in [0.1, 0.15) is 43.9 Å². The van der Waals surface area contributed by atoms with Crippen LogP contribution in [0.2, 0.25) is 0 Å². The number of fused-ring (bicyclic) bond motifs is 1. The minimum Gasteiger partial charge on any atom is -0.348 e. The largest absolute Gasteiger partial charge is 0.348 e. The van der Waals surface area contributed by atoms with Crippen LogP contribution in [0.25, 0.3) is 0 Å². The number of amides is 1. The Bertz CT molecular complexity index is 478. The minimum absolute atomic E-state index is 0.0300. The molecule has 6 heteroatoms. The molecule has 5 nitrogen and oxygen atoms in total. The van der Waals surface area contributed by atoms with Gasteiger partial charge in [-0.3, -0.25) is 4.79 Å².